The third-order valence-corrected chi connectivity index (χ3v) is 3.21. The van der Waals surface area contributed by atoms with E-state index in [9.17, 15) is 0 Å². The van der Waals surface area contributed by atoms with Crippen LogP contribution in [0.5, 0.6) is 11.5 Å². The van der Waals surface area contributed by atoms with Crippen LogP contribution >= 0.6 is 0 Å². The van der Waals surface area contributed by atoms with Crippen molar-refractivity contribution in [1.82, 2.24) is 0 Å². The van der Waals surface area contributed by atoms with Crippen LogP contribution in [0.2, 0.25) is 0 Å². The maximum Gasteiger partial charge on any atom is 0.184 e. The number of fused-ring (bicyclic) bond motifs is 1. The maximum atomic E-state index is 5.97. The first-order valence-corrected chi connectivity index (χ1v) is 6.53. The molecule has 1 aromatic rings. The Hall–Kier alpha value is -1.22. The molecule has 0 aliphatic carbocycles. The van der Waals surface area contributed by atoms with E-state index in [0.717, 1.165) is 11.5 Å². The summed E-state index contributed by atoms with van der Waals surface area (Å²) in [6.07, 6.45) is 2.66. The average molecular weight is 236 g/mol. The van der Waals surface area contributed by atoms with E-state index in [4.69, 9.17) is 9.47 Å². The van der Waals surface area contributed by atoms with Crippen molar-refractivity contribution in [3.63, 3.8) is 0 Å². The first-order valence-electron chi connectivity index (χ1n) is 6.53. The first kappa shape index (κ1) is 12.2. The van der Waals surface area contributed by atoms with Crippen LogP contribution in [-0.2, 0) is 0 Å². The molecule has 0 saturated heterocycles. The summed E-state index contributed by atoms with van der Waals surface area (Å²) in [7, 11) is 0. The van der Waals surface area contributed by atoms with Gasteiger partial charge in [0.1, 0.15) is 12.6 Å². The fourth-order valence-corrected chi connectivity index (χ4v) is 2.03. The molecule has 0 aromatic heterocycles. The third-order valence-electron chi connectivity index (χ3n) is 3.21. The molecule has 2 atom stereocenters. The molecule has 0 spiro atoms. The second-order valence-electron chi connectivity index (χ2n) is 4.65. The molecule has 2 N–H and O–H groups in total. The SMILES string of the molecule is CCCC[NH2+][C@@H](C)[C@H]1COc2ccccc2O1. The predicted molar refractivity (Wildman–Crippen MR) is 67.5 cm³/mol. The van der Waals surface area contributed by atoms with Crippen molar-refractivity contribution in [2.24, 2.45) is 0 Å². The summed E-state index contributed by atoms with van der Waals surface area (Å²) >= 11 is 0. The Morgan fingerprint density at radius 3 is 2.88 bits per heavy atom. The lowest BCUT2D eigenvalue weighted by molar-refractivity contribution is -0.693. The van der Waals surface area contributed by atoms with Crippen molar-refractivity contribution in [3.8, 4) is 11.5 Å². The second-order valence-corrected chi connectivity index (χ2v) is 4.65. The fourth-order valence-electron chi connectivity index (χ4n) is 2.03. The van der Waals surface area contributed by atoms with Crippen molar-refractivity contribution in [2.75, 3.05) is 13.2 Å². The highest BCUT2D eigenvalue weighted by Gasteiger charge is 2.27. The minimum absolute atomic E-state index is 0.154. The number of hydrogen-bond donors (Lipinski definition) is 1. The van der Waals surface area contributed by atoms with Crippen molar-refractivity contribution in [2.45, 2.75) is 38.8 Å². The van der Waals surface area contributed by atoms with Crippen LogP contribution in [0, 0.1) is 0 Å². The van der Waals surface area contributed by atoms with Gasteiger partial charge < -0.3 is 14.8 Å². The predicted octanol–water partition coefficient (Wildman–Crippen LogP) is 1.58. The molecule has 3 nitrogen and oxygen atoms in total. The number of para-hydroxylation sites is 2. The van der Waals surface area contributed by atoms with E-state index in [2.05, 4.69) is 19.2 Å². The summed E-state index contributed by atoms with van der Waals surface area (Å²) in [5, 5.41) is 2.35. The number of nitrogens with two attached hydrogens (primary N) is 1. The number of ether oxygens (including phenoxy) is 2. The molecular formula is C14H22NO2+. The number of quaternary nitrogens is 1. The van der Waals surface area contributed by atoms with E-state index >= 15 is 0 Å². The Labute approximate surface area is 103 Å². The van der Waals surface area contributed by atoms with Crippen LogP contribution in [0.15, 0.2) is 24.3 Å². The molecular weight excluding hydrogens is 214 g/mol. The number of rotatable bonds is 5. The molecule has 17 heavy (non-hydrogen) atoms. The Morgan fingerprint density at radius 2 is 2.12 bits per heavy atom. The molecule has 1 aliphatic rings. The molecule has 0 fully saturated rings. The molecule has 1 aromatic carbocycles. The summed E-state index contributed by atoms with van der Waals surface area (Å²) in [5.74, 6) is 1.74. The van der Waals surface area contributed by atoms with Gasteiger partial charge in [-0.3, -0.25) is 0 Å². The van der Waals surface area contributed by atoms with E-state index in [0.29, 0.717) is 12.6 Å². The Kier molecular flexibility index (Phi) is 4.26. The molecule has 1 aliphatic heterocycles. The minimum atomic E-state index is 0.154. The van der Waals surface area contributed by atoms with Crippen LogP contribution in [0.25, 0.3) is 0 Å². The summed E-state index contributed by atoms with van der Waals surface area (Å²) in [6, 6.07) is 8.32. The van der Waals surface area contributed by atoms with Gasteiger partial charge in [0.15, 0.2) is 17.6 Å². The van der Waals surface area contributed by atoms with E-state index in [-0.39, 0.29) is 6.10 Å². The Balaban J connectivity index is 1.88. The largest absolute Gasteiger partial charge is 0.486 e. The van der Waals surface area contributed by atoms with Gasteiger partial charge in [0.05, 0.1) is 6.54 Å². The third kappa shape index (κ3) is 3.13. The minimum Gasteiger partial charge on any atom is -0.486 e. The number of unbranched alkanes of at least 4 members (excludes halogenated alkanes) is 1. The van der Waals surface area contributed by atoms with Gasteiger partial charge in [0.25, 0.3) is 0 Å². The van der Waals surface area contributed by atoms with Crippen molar-refractivity contribution in [3.05, 3.63) is 24.3 Å². The van der Waals surface area contributed by atoms with E-state index in [1.807, 2.05) is 24.3 Å². The lowest BCUT2D eigenvalue weighted by atomic mass is 10.1. The summed E-state index contributed by atoms with van der Waals surface area (Å²) in [6.45, 7) is 6.24. The lowest BCUT2D eigenvalue weighted by Crippen LogP contribution is -2.92. The quantitative estimate of drug-likeness (QED) is 0.788. The number of hydrogen-bond acceptors (Lipinski definition) is 2. The summed E-state index contributed by atoms with van der Waals surface area (Å²) < 4.78 is 11.7. The molecule has 3 heteroatoms. The van der Waals surface area contributed by atoms with Crippen molar-refractivity contribution >= 4 is 0 Å². The molecule has 94 valence electrons. The Morgan fingerprint density at radius 1 is 1.35 bits per heavy atom. The van der Waals surface area contributed by atoms with Crippen molar-refractivity contribution < 1.29 is 14.8 Å². The zero-order valence-corrected chi connectivity index (χ0v) is 10.7. The highest BCUT2D eigenvalue weighted by molar-refractivity contribution is 5.40. The summed E-state index contributed by atoms with van der Waals surface area (Å²) in [5.41, 5.74) is 0. The zero-order valence-electron chi connectivity index (χ0n) is 10.7. The van der Waals surface area contributed by atoms with Gasteiger partial charge in [0.2, 0.25) is 0 Å². The molecule has 2 rings (SSSR count). The van der Waals surface area contributed by atoms with Crippen LogP contribution < -0.4 is 14.8 Å². The standard InChI is InChI=1S/C14H21NO2/c1-3-4-9-15-11(2)14-10-16-12-7-5-6-8-13(12)17-14/h5-8,11,14-15H,3-4,9-10H2,1-2H3/p+1/t11-,14+/m0/s1. The van der Waals surface area contributed by atoms with Gasteiger partial charge in [0, 0.05) is 0 Å². The Bertz CT molecular complexity index is 354. The fraction of sp³-hybridized carbons (Fsp3) is 0.571. The average Bonchev–Trinajstić information content (AvgIpc) is 2.38. The molecule has 0 amide bonds. The molecule has 1 heterocycles. The molecule has 0 bridgehead atoms. The van der Waals surface area contributed by atoms with Crippen LogP contribution in [0.4, 0.5) is 0 Å². The van der Waals surface area contributed by atoms with Gasteiger partial charge >= 0.3 is 0 Å². The normalized spacial score (nSPS) is 20.0. The van der Waals surface area contributed by atoms with Crippen molar-refractivity contribution in [1.29, 1.82) is 0 Å². The topological polar surface area (TPSA) is 35.1 Å². The number of benzene rings is 1. The summed E-state index contributed by atoms with van der Waals surface area (Å²) in [4.78, 5) is 0. The molecule has 0 radical (unpaired) electrons. The second kappa shape index (κ2) is 5.92. The highest BCUT2D eigenvalue weighted by Crippen LogP contribution is 2.31. The molecule has 0 saturated carbocycles. The van der Waals surface area contributed by atoms with Crippen LogP contribution in [0.3, 0.4) is 0 Å². The maximum absolute atomic E-state index is 5.97. The smallest absolute Gasteiger partial charge is 0.184 e. The highest BCUT2D eigenvalue weighted by atomic mass is 16.6. The van der Waals surface area contributed by atoms with Gasteiger partial charge in [-0.05, 0) is 25.5 Å². The van der Waals surface area contributed by atoms with Gasteiger partial charge in [-0.2, -0.15) is 0 Å². The zero-order chi connectivity index (χ0) is 12.1. The lowest BCUT2D eigenvalue weighted by Gasteiger charge is -2.29. The first-order chi connectivity index (χ1) is 8.31. The monoisotopic (exact) mass is 236 g/mol. The van der Waals surface area contributed by atoms with Crippen LogP contribution in [0.1, 0.15) is 26.7 Å². The van der Waals surface area contributed by atoms with E-state index in [1.54, 1.807) is 0 Å². The van der Waals surface area contributed by atoms with E-state index in [1.165, 1.54) is 19.4 Å². The van der Waals surface area contributed by atoms with Gasteiger partial charge in [-0.1, -0.05) is 25.5 Å². The molecule has 0 unspecified atom stereocenters. The van der Waals surface area contributed by atoms with E-state index < -0.39 is 0 Å². The van der Waals surface area contributed by atoms with Gasteiger partial charge in [-0.25, -0.2) is 0 Å². The van der Waals surface area contributed by atoms with Crippen LogP contribution in [-0.4, -0.2) is 25.3 Å². The van der Waals surface area contributed by atoms with Gasteiger partial charge in [-0.15, -0.1) is 0 Å².